The van der Waals surface area contributed by atoms with E-state index in [1.54, 1.807) is 12.4 Å². The molecule has 0 radical (unpaired) electrons. The lowest BCUT2D eigenvalue weighted by Crippen LogP contribution is -2.08. The predicted molar refractivity (Wildman–Crippen MR) is 81.8 cm³/mol. The molecule has 0 aliphatic heterocycles. The standard InChI is InChI=1S/C12H15ClN6S/c1-8(2-13)20-12-10(14)11(18-7-19-12)17-5-9-3-15-6-16-4-9/h3-4,6-8H,2,5,14H2,1H3,(H,17,18,19). The summed E-state index contributed by atoms with van der Waals surface area (Å²) in [6, 6.07) is 0. The first-order valence-electron chi connectivity index (χ1n) is 6.01. The number of nitrogen functional groups attached to an aromatic ring is 1. The largest absolute Gasteiger partial charge is 0.394 e. The van der Waals surface area contributed by atoms with E-state index in [-0.39, 0.29) is 5.25 Å². The van der Waals surface area contributed by atoms with E-state index in [4.69, 9.17) is 17.3 Å². The number of nitrogens with two attached hydrogens (primary N) is 1. The molecule has 1 unspecified atom stereocenters. The molecule has 3 N–H and O–H groups in total. The summed E-state index contributed by atoms with van der Waals surface area (Å²) >= 11 is 7.33. The molecular formula is C12H15ClN6S. The van der Waals surface area contributed by atoms with E-state index in [0.717, 1.165) is 10.6 Å². The van der Waals surface area contributed by atoms with Crippen molar-refractivity contribution in [3.05, 3.63) is 30.6 Å². The number of nitrogens with one attached hydrogen (secondary N) is 1. The van der Waals surface area contributed by atoms with Crippen LogP contribution in [0, 0.1) is 0 Å². The molecule has 0 fully saturated rings. The number of hydrogen-bond donors (Lipinski definition) is 2. The molecular weight excluding hydrogens is 296 g/mol. The van der Waals surface area contributed by atoms with Gasteiger partial charge < -0.3 is 11.1 Å². The summed E-state index contributed by atoms with van der Waals surface area (Å²) in [6.45, 7) is 2.57. The van der Waals surface area contributed by atoms with Crippen LogP contribution < -0.4 is 11.1 Å². The number of halogens is 1. The Kier molecular flexibility index (Phi) is 5.37. The zero-order valence-electron chi connectivity index (χ0n) is 11.0. The van der Waals surface area contributed by atoms with Crippen molar-refractivity contribution in [1.29, 1.82) is 0 Å². The van der Waals surface area contributed by atoms with E-state index in [1.165, 1.54) is 24.4 Å². The van der Waals surface area contributed by atoms with Crippen molar-refractivity contribution in [3.63, 3.8) is 0 Å². The molecule has 2 rings (SSSR count). The minimum Gasteiger partial charge on any atom is -0.394 e. The fourth-order valence-electron chi connectivity index (χ4n) is 1.44. The van der Waals surface area contributed by atoms with E-state index < -0.39 is 0 Å². The Bertz CT molecular complexity index is 553. The monoisotopic (exact) mass is 310 g/mol. The molecule has 2 heterocycles. The van der Waals surface area contributed by atoms with E-state index >= 15 is 0 Å². The third-order valence-electron chi connectivity index (χ3n) is 2.45. The van der Waals surface area contributed by atoms with Gasteiger partial charge in [0, 0.05) is 35.6 Å². The van der Waals surface area contributed by atoms with Gasteiger partial charge in [-0.15, -0.1) is 11.6 Å². The van der Waals surface area contributed by atoms with Gasteiger partial charge in [-0.1, -0.05) is 18.7 Å². The van der Waals surface area contributed by atoms with Crippen LogP contribution in [0.3, 0.4) is 0 Å². The van der Waals surface area contributed by atoms with Gasteiger partial charge in [0.15, 0.2) is 5.82 Å². The molecule has 8 heteroatoms. The van der Waals surface area contributed by atoms with Crippen molar-refractivity contribution in [2.24, 2.45) is 0 Å². The van der Waals surface area contributed by atoms with Gasteiger partial charge >= 0.3 is 0 Å². The van der Waals surface area contributed by atoms with Gasteiger partial charge in [0.1, 0.15) is 23.4 Å². The topological polar surface area (TPSA) is 89.6 Å². The third-order valence-corrected chi connectivity index (χ3v) is 4.21. The third kappa shape index (κ3) is 3.94. The number of aromatic nitrogens is 4. The van der Waals surface area contributed by atoms with Crippen LogP contribution in [0.2, 0.25) is 0 Å². The Morgan fingerprint density at radius 2 is 2.05 bits per heavy atom. The molecule has 0 aliphatic rings. The van der Waals surface area contributed by atoms with E-state index in [9.17, 15) is 0 Å². The molecule has 0 aliphatic carbocycles. The Hall–Kier alpha value is -1.60. The van der Waals surface area contributed by atoms with Crippen molar-refractivity contribution in [3.8, 4) is 0 Å². The molecule has 0 saturated heterocycles. The van der Waals surface area contributed by atoms with Crippen LogP contribution in [0.4, 0.5) is 11.5 Å². The van der Waals surface area contributed by atoms with Crippen LogP contribution in [-0.2, 0) is 6.54 Å². The SMILES string of the molecule is CC(CCl)Sc1ncnc(NCc2cncnc2)c1N. The number of hydrogen-bond acceptors (Lipinski definition) is 7. The average Bonchev–Trinajstić information content (AvgIpc) is 2.49. The highest BCUT2D eigenvalue weighted by atomic mass is 35.5. The highest BCUT2D eigenvalue weighted by molar-refractivity contribution is 8.00. The molecule has 0 saturated carbocycles. The van der Waals surface area contributed by atoms with Gasteiger partial charge in [-0.3, -0.25) is 0 Å². The lowest BCUT2D eigenvalue weighted by atomic mass is 10.3. The average molecular weight is 311 g/mol. The summed E-state index contributed by atoms with van der Waals surface area (Å²) in [4.78, 5) is 16.2. The number of alkyl halides is 1. The van der Waals surface area contributed by atoms with Gasteiger partial charge in [-0.2, -0.15) is 0 Å². The van der Waals surface area contributed by atoms with Crippen LogP contribution >= 0.6 is 23.4 Å². The Labute approximate surface area is 126 Å². The van der Waals surface area contributed by atoms with Gasteiger partial charge in [-0.05, 0) is 0 Å². The maximum Gasteiger partial charge on any atom is 0.154 e. The molecule has 0 amide bonds. The lowest BCUT2D eigenvalue weighted by Gasteiger charge is -2.12. The van der Waals surface area contributed by atoms with Gasteiger partial charge in [-0.25, -0.2) is 19.9 Å². The second-order valence-corrected chi connectivity index (χ2v) is 5.86. The fourth-order valence-corrected chi connectivity index (χ4v) is 2.41. The number of rotatable bonds is 6. The zero-order valence-corrected chi connectivity index (χ0v) is 12.5. The zero-order chi connectivity index (χ0) is 14.4. The fraction of sp³-hybridized carbons (Fsp3) is 0.333. The van der Waals surface area contributed by atoms with E-state index in [0.29, 0.717) is 23.9 Å². The lowest BCUT2D eigenvalue weighted by molar-refractivity contribution is 1.00. The second-order valence-electron chi connectivity index (χ2n) is 4.12. The molecule has 0 spiro atoms. The molecule has 2 aromatic heterocycles. The van der Waals surface area contributed by atoms with E-state index in [1.807, 2.05) is 6.92 Å². The Morgan fingerprint density at radius 3 is 2.75 bits per heavy atom. The normalized spacial score (nSPS) is 12.1. The highest BCUT2D eigenvalue weighted by Gasteiger charge is 2.11. The summed E-state index contributed by atoms with van der Waals surface area (Å²) in [5.41, 5.74) is 7.55. The molecule has 20 heavy (non-hydrogen) atoms. The minimum atomic E-state index is 0.240. The van der Waals surface area contributed by atoms with Crippen molar-refractivity contribution in [2.45, 2.75) is 23.7 Å². The van der Waals surface area contributed by atoms with Crippen LogP contribution in [0.25, 0.3) is 0 Å². The maximum atomic E-state index is 6.07. The highest BCUT2D eigenvalue weighted by Crippen LogP contribution is 2.30. The Balaban J connectivity index is 2.06. The van der Waals surface area contributed by atoms with Crippen molar-refractivity contribution < 1.29 is 0 Å². The van der Waals surface area contributed by atoms with Crippen LogP contribution in [0.5, 0.6) is 0 Å². The molecule has 0 bridgehead atoms. The van der Waals surface area contributed by atoms with Gasteiger partial charge in [0.05, 0.1) is 0 Å². The first-order valence-corrected chi connectivity index (χ1v) is 7.43. The van der Waals surface area contributed by atoms with Crippen LogP contribution in [0.1, 0.15) is 12.5 Å². The summed E-state index contributed by atoms with van der Waals surface area (Å²) < 4.78 is 0. The van der Waals surface area contributed by atoms with Crippen molar-refractivity contribution in [2.75, 3.05) is 16.9 Å². The maximum absolute atomic E-state index is 6.07. The first-order chi connectivity index (χ1) is 9.70. The number of nitrogens with zero attached hydrogens (tertiary/aromatic N) is 4. The molecule has 2 aromatic rings. The van der Waals surface area contributed by atoms with Crippen molar-refractivity contribution in [1.82, 2.24) is 19.9 Å². The van der Waals surface area contributed by atoms with Gasteiger partial charge in [0.25, 0.3) is 0 Å². The molecule has 6 nitrogen and oxygen atoms in total. The number of anilines is 2. The Morgan fingerprint density at radius 1 is 1.30 bits per heavy atom. The molecule has 0 aromatic carbocycles. The van der Waals surface area contributed by atoms with Crippen molar-refractivity contribution >= 4 is 34.9 Å². The summed E-state index contributed by atoms with van der Waals surface area (Å²) in [6.07, 6.45) is 6.46. The van der Waals surface area contributed by atoms with Gasteiger partial charge in [0.2, 0.25) is 0 Å². The minimum absolute atomic E-state index is 0.240. The number of thioether (sulfide) groups is 1. The smallest absolute Gasteiger partial charge is 0.154 e. The first kappa shape index (κ1) is 14.8. The summed E-state index contributed by atoms with van der Waals surface area (Å²) in [7, 11) is 0. The van der Waals surface area contributed by atoms with Crippen LogP contribution in [0.15, 0.2) is 30.1 Å². The summed E-state index contributed by atoms with van der Waals surface area (Å²) in [5, 5.41) is 4.13. The predicted octanol–water partition coefficient (Wildman–Crippen LogP) is 2.18. The molecule has 106 valence electrons. The van der Waals surface area contributed by atoms with Crippen LogP contribution in [-0.4, -0.2) is 31.1 Å². The molecule has 1 atom stereocenters. The quantitative estimate of drug-likeness (QED) is 0.480. The summed E-state index contributed by atoms with van der Waals surface area (Å²) in [5.74, 6) is 1.14. The van der Waals surface area contributed by atoms with E-state index in [2.05, 4.69) is 25.3 Å². The second kappa shape index (κ2) is 7.25.